The normalized spacial score (nSPS) is 17.3. The van der Waals surface area contributed by atoms with Crippen LogP contribution in [0, 0.1) is 0 Å². The Morgan fingerprint density at radius 3 is 2.64 bits per heavy atom. The lowest BCUT2D eigenvalue weighted by Crippen LogP contribution is -2.42. The lowest BCUT2D eigenvalue weighted by atomic mass is 10.0. The summed E-state index contributed by atoms with van der Waals surface area (Å²) in [6, 6.07) is 8.26. The van der Waals surface area contributed by atoms with Gasteiger partial charge in [-0.25, -0.2) is 0 Å². The van der Waals surface area contributed by atoms with Crippen LogP contribution in [0.2, 0.25) is 5.02 Å². The molecule has 6 nitrogen and oxygen atoms in total. The summed E-state index contributed by atoms with van der Waals surface area (Å²) in [6.07, 6.45) is 0. The van der Waals surface area contributed by atoms with Crippen LogP contribution >= 0.6 is 11.6 Å². The van der Waals surface area contributed by atoms with Crippen molar-refractivity contribution in [3.63, 3.8) is 0 Å². The Kier molecular flexibility index (Phi) is 9.04. The van der Waals surface area contributed by atoms with Crippen molar-refractivity contribution in [1.29, 1.82) is 0 Å². The van der Waals surface area contributed by atoms with Gasteiger partial charge >= 0.3 is 0 Å². The van der Waals surface area contributed by atoms with E-state index in [1.807, 2.05) is 12.1 Å². The Balaban J connectivity index is 2.10. The number of nitrogens with zero attached hydrogens (tertiary/aromatic N) is 2. The number of morpholine rings is 1. The highest BCUT2D eigenvalue weighted by atomic mass is 35.5. The van der Waals surface area contributed by atoms with E-state index in [1.54, 1.807) is 7.11 Å². The van der Waals surface area contributed by atoms with Crippen molar-refractivity contribution >= 4 is 17.6 Å². The summed E-state index contributed by atoms with van der Waals surface area (Å²) in [5.41, 5.74) is 1.22. The molecule has 25 heavy (non-hydrogen) atoms. The Hall–Kier alpha value is -1.34. The van der Waals surface area contributed by atoms with Gasteiger partial charge in [0.2, 0.25) is 0 Å². The molecule has 7 heteroatoms. The van der Waals surface area contributed by atoms with Gasteiger partial charge < -0.3 is 20.1 Å². The Morgan fingerprint density at radius 1 is 1.28 bits per heavy atom. The number of rotatable bonds is 8. The molecule has 140 valence electrons. The number of nitrogens with one attached hydrogen (secondary N) is 2. The van der Waals surface area contributed by atoms with E-state index in [-0.39, 0.29) is 6.04 Å². The van der Waals surface area contributed by atoms with Gasteiger partial charge in [0.25, 0.3) is 0 Å². The maximum atomic E-state index is 6.05. The van der Waals surface area contributed by atoms with Gasteiger partial charge in [-0.2, -0.15) is 0 Å². The molecule has 1 unspecified atom stereocenters. The molecule has 1 aromatic carbocycles. The topological polar surface area (TPSA) is 58.1 Å². The fourth-order valence-corrected chi connectivity index (χ4v) is 2.92. The first-order valence-electron chi connectivity index (χ1n) is 8.83. The van der Waals surface area contributed by atoms with E-state index >= 15 is 0 Å². The zero-order valence-electron chi connectivity index (χ0n) is 15.1. The van der Waals surface area contributed by atoms with Crippen molar-refractivity contribution in [1.82, 2.24) is 15.5 Å². The maximum Gasteiger partial charge on any atom is 0.191 e. The molecule has 0 radical (unpaired) electrons. The number of aliphatic imine (C=N–C) groups is 1. The average molecular weight is 369 g/mol. The summed E-state index contributed by atoms with van der Waals surface area (Å²) >= 11 is 6.05. The first kappa shape index (κ1) is 20.0. The zero-order valence-corrected chi connectivity index (χ0v) is 15.9. The molecular formula is C18H29ClN4O2. The third-order valence-electron chi connectivity index (χ3n) is 4.11. The fourth-order valence-electron chi connectivity index (χ4n) is 2.80. The van der Waals surface area contributed by atoms with E-state index in [0.29, 0.717) is 13.2 Å². The standard InChI is InChI=1S/C18H29ClN4O2/c1-3-20-18(21-8-11-24-2)22-14-17(23-9-12-25-13-10-23)15-4-6-16(19)7-5-15/h4-7,17H,3,8-14H2,1-2H3,(H2,20,21,22). The van der Waals surface area contributed by atoms with Crippen LogP contribution in [0.5, 0.6) is 0 Å². The second-order valence-electron chi connectivity index (χ2n) is 5.85. The van der Waals surface area contributed by atoms with Crippen LogP contribution in [0.1, 0.15) is 18.5 Å². The SMILES string of the molecule is CCNC(=NCC(c1ccc(Cl)cc1)N1CCOCC1)NCCOC. The lowest BCUT2D eigenvalue weighted by Gasteiger charge is -2.34. The third kappa shape index (κ3) is 6.82. The van der Waals surface area contributed by atoms with Crippen LogP contribution in [0.4, 0.5) is 0 Å². The number of ether oxygens (including phenoxy) is 2. The summed E-state index contributed by atoms with van der Waals surface area (Å²) in [5, 5.41) is 7.32. The molecule has 1 aliphatic rings. The summed E-state index contributed by atoms with van der Waals surface area (Å²) in [5.74, 6) is 0.812. The molecule has 0 amide bonds. The smallest absolute Gasteiger partial charge is 0.191 e. The first-order valence-corrected chi connectivity index (χ1v) is 9.20. The zero-order chi connectivity index (χ0) is 17.9. The Bertz CT molecular complexity index is 518. The van der Waals surface area contributed by atoms with Gasteiger partial charge in [-0.1, -0.05) is 23.7 Å². The van der Waals surface area contributed by atoms with E-state index in [0.717, 1.165) is 50.4 Å². The van der Waals surface area contributed by atoms with E-state index in [1.165, 1.54) is 5.56 Å². The highest BCUT2D eigenvalue weighted by Gasteiger charge is 2.22. The van der Waals surface area contributed by atoms with Gasteiger partial charge in [0.1, 0.15) is 0 Å². The van der Waals surface area contributed by atoms with Gasteiger partial charge in [-0.05, 0) is 24.6 Å². The Morgan fingerprint density at radius 2 is 2.00 bits per heavy atom. The van der Waals surface area contributed by atoms with Crippen LogP contribution in [-0.4, -0.2) is 70.5 Å². The van der Waals surface area contributed by atoms with Gasteiger partial charge in [0.05, 0.1) is 32.4 Å². The van der Waals surface area contributed by atoms with Crippen LogP contribution in [-0.2, 0) is 9.47 Å². The number of benzene rings is 1. The predicted molar refractivity (Wildman–Crippen MR) is 102 cm³/mol. The van der Waals surface area contributed by atoms with Crippen molar-refractivity contribution in [3.8, 4) is 0 Å². The minimum atomic E-state index is 0.207. The van der Waals surface area contributed by atoms with Crippen molar-refractivity contribution in [2.24, 2.45) is 4.99 Å². The largest absolute Gasteiger partial charge is 0.383 e. The highest BCUT2D eigenvalue weighted by Crippen LogP contribution is 2.24. The molecule has 0 aromatic heterocycles. The maximum absolute atomic E-state index is 6.05. The predicted octanol–water partition coefficient (Wildman–Crippen LogP) is 1.91. The molecule has 2 N–H and O–H groups in total. The molecule has 1 saturated heterocycles. The van der Waals surface area contributed by atoms with Gasteiger partial charge in [0, 0.05) is 38.3 Å². The molecule has 0 saturated carbocycles. The van der Waals surface area contributed by atoms with Crippen molar-refractivity contribution < 1.29 is 9.47 Å². The molecule has 0 spiro atoms. The summed E-state index contributed by atoms with van der Waals surface area (Å²) < 4.78 is 10.6. The second kappa shape index (κ2) is 11.3. The molecule has 1 aliphatic heterocycles. The van der Waals surface area contributed by atoms with Gasteiger partial charge in [-0.3, -0.25) is 9.89 Å². The molecule has 1 aromatic rings. The lowest BCUT2D eigenvalue weighted by molar-refractivity contribution is 0.0179. The summed E-state index contributed by atoms with van der Waals surface area (Å²) in [4.78, 5) is 7.21. The molecular weight excluding hydrogens is 340 g/mol. The molecule has 1 fully saturated rings. The minimum Gasteiger partial charge on any atom is -0.383 e. The summed E-state index contributed by atoms with van der Waals surface area (Å²) in [7, 11) is 1.70. The van der Waals surface area contributed by atoms with Crippen LogP contribution in [0.25, 0.3) is 0 Å². The molecule has 1 heterocycles. The average Bonchev–Trinajstić information content (AvgIpc) is 2.64. The van der Waals surface area contributed by atoms with Crippen molar-refractivity contribution in [2.75, 3.05) is 59.7 Å². The van der Waals surface area contributed by atoms with E-state index in [4.69, 9.17) is 26.1 Å². The fraction of sp³-hybridized carbons (Fsp3) is 0.611. The van der Waals surface area contributed by atoms with E-state index in [2.05, 4.69) is 34.6 Å². The van der Waals surface area contributed by atoms with Gasteiger partial charge in [-0.15, -0.1) is 0 Å². The van der Waals surface area contributed by atoms with Crippen LogP contribution in [0.15, 0.2) is 29.3 Å². The van der Waals surface area contributed by atoms with Crippen LogP contribution in [0.3, 0.4) is 0 Å². The number of guanidine groups is 1. The van der Waals surface area contributed by atoms with Crippen LogP contribution < -0.4 is 10.6 Å². The number of methoxy groups -OCH3 is 1. The number of hydrogen-bond acceptors (Lipinski definition) is 4. The minimum absolute atomic E-state index is 0.207. The van der Waals surface area contributed by atoms with Crippen molar-refractivity contribution in [3.05, 3.63) is 34.9 Å². The molecule has 0 bridgehead atoms. The monoisotopic (exact) mass is 368 g/mol. The quantitative estimate of drug-likeness (QED) is 0.417. The van der Waals surface area contributed by atoms with Gasteiger partial charge in [0.15, 0.2) is 5.96 Å². The second-order valence-corrected chi connectivity index (χ2v) is 6.29. The molecule has 0 aliphatic carbocycles. The first-order chi connectivity index (χ1) is 12.2. The highest BCUT2D eigenvalue weighted by molar-refractivity contribution is 6.30. The van der Waals surface area contributed by atoms with Crippen molar-refractivity contribution in [2.45, 2.75) is 13.0 Å². The molecule has 1 atom stereocenters. The Labute approximate surface area is 155 Å². The number of halogens is 1. The number of hydrogen-bond donors (Lipinski definition) is 2. The third-order valence-corrected chi connectivity index (χ3v) is 4.36. The summed E-state index contributed by atoms with van der Waals surface area (Å²) in [6.45, 7) is 8.28. The van der Waals surface area contributed by atoms with E-state index < -0.39 is 0 Å². The molecule has 2 rings (SSSR count). The van der Waals surface area contributed by atoms with E-state index in [9.17, 15) is 0 Å².